The minimum atomic E-state index is -0.588. The van der Waals surface area contributed by atoms with Crippen molar-refractivity contribution in [2.24, 2.45) is 5.73 Å². The lowest BCUT2D eigenvalue weighted by molar-refractivity contribution is -0.119. The van der Waals surface area contributed by atoms with E-state index in [9.17, 15) is 9.59 Å². The third-order valence-electron chi connectivity index (χ3n) is 3.94. The molecule has 0 radical (unpaired) electrons. The molecule has 2 aromatic rings. The maximum absolute atomic E-state index is 12.9. The fourth-order valence-corrected chi connectivity index (χ4v) is 2.85. The van der Waals surface area contributed by atoms with E-state index in [0.29, 0.717) is 25.2 Å². The highest BCUT2D eigenvalue weighted by atomic mass is 16.2. The normalized spacial score (nSPS) is 17.9. The summed E-state index contributed by atoms with van der Waals surface area (Å²) in [6.45, 7) is 0.939. The molecule has 0 spiro atoms. The number of rotatable bonds is 5. The number of hydrogen-bond acceptors (Lipinski definition) is 3. The summed E-state index contributed by atoms with van der Waals surface area (Å²) in [6, 6.07) is 17.5. The molecule has 1 aliphatic rings. The molecular formula is C18H19N3O2. The van der Waals surface area contributed by atoms with Crippen LogP contribution >= 0.6 is 0 Å². The quantitative estimate of drug-likeness (QED) is 0.863. The number of urea groups is 1. The molecule has 0 aliphatic carbocycles. The summed E-state index contributed by atoms with van der Waals surface area (Å²) >= 11 is 0. The van der Waals surface area contributed by atoms with Crippen LogP contribution in [0.3, 0.4) is 0 Å². The second-order valence-corrected chi connectivity index (χ2v) is 5.44. The first-order valence-corrected chi connectivity index (χ1v) is 7.68. The number of carbonyl (C=O) groups excluding carboxylic acids is 2. The summed E-state index contributed by atoms with van der Waals surface area (Å²) in [4.78, 5) is 28.6. The van der Waals surface area contributed by atoms with Gasteiger partial charge in [0.15, 0.2) is 0 Å². The number of anilines is 1. The number of benzene rings is 2. The van der Waals surface area contributed by atoms with Crippen LogP contribution in [-0.4, -0.2) is 29.9 Å². The predicted molar refractivity (Wildman–Crippen MR) is 88.9 cm³/mol. The molecule has 5 nitrogen and oxygen atoms in total. The average molecular weight is 309 g/mol. The summed E-state index contributed by atoms with van der Waals surface area (Å²) in [5.41, 5.74) is 7.00. The van der Waals surface area contributed by atoms with Gasteiger partial charge in [-0.15, -0.1) is 0 Å². The van der Waals surface area contributed by atoms with Crippen LogP contribution in [0.2, 0.25) is 0 Å². The molecule has 0 aromatic heterocycles. The van der Waals surface area contributed by atoms with E-state index in [1.165, 1.54) is 4.90 Å². The van der Waals surface area contributed by atoms with Crippen molar-refractivity contribution in [3.63, 3.8) is 0 Å². The van der Waals surface area contributed by atoms with Crippen molar-refractivity contribution in [1.29, 1.82) is 0 Å². The molecule has 2 aromatic carbocycles. The van der Waals surface area contributed by atoms with Crippen molar-refractivity contribution in [2.75, 3.05) is 18.0 Å². The predicted octanol–water partition coefficient (Wildman–Crippen LogP) is 2.55. The van der Waals surface area contributed by atoms with Gasteiger partial charge >= 0.3 is 6.03 Å². The number of hydrogen-bond donors (Lipinski definition) is 1. The number of nitrogens with two attached hydrogens (primary N) is 1. The first-order chi connectivity index (χ1) is 11.2. The Bertz CT molecular complexity index is 688. The van der Waals surface area contributed by atoms with Gasteiger partial charge in [0, 0.05) is 6.54 Å². The van der Waals surface area contributed by atoms with E-state index in [4.69, 9.17) is 5.73 Å². The van der Waals surface area contributed by atoms with Gasteiger partial charge in [0.1, 0.15) is 6.04 Å². The van der Waals surface area contributed by atoms with Gasteiger partial charge in [0.25, 0.3) is 5.91 Å². The highest BCUT2D eigenvalue weighted by Gasteiger charge is 2.46. The van der Waals surface area contributed by atoms with E-state index in [1.807, 2.05) is 48.5 Å². The molecule has 1 aliphatic heterocycles. The second kappa shape index (κ2) is 6.62. The van der Waals surface area contributed by atoms with Crippen molar-refractivity contribution in [1.82, 2.24) is 4.90 Å². The van der Waals surface area contributed by atoms with Crippen LogP contribution < -0.4 is 10.6 Å². The number of para-hydroxylation sites is 1. The Morgan fingerprint density at radius 1 is 0.913 bits per heavy atom. The van der Waals surface area contributed by atoms with Crippen LogP contribution in [0.25, 0.3) is 0 Å². The van der Waals surface area contributed by atoms with Crippen LogP contribution in [0.1, 0.15) is 18.0 Å². The molecule has 118 valence electrons. The minimum Gasteiger partial charge on any atom is -0.330 e. The van der Waals surface area contributed by atoms with E-state index >= 15 is 0 Å². The van der Waals surface area contributed by atoms with Crippen LogP contribution in [0.15, 0.2) is 60.7 Å². The molecule has 3 amide bonds. The largest absolute Gasteiger partial charge is 0.332 e. The summed E-state index contributed by atoms with van der Waals surface area (Å²) in [5.74, 6) is -0.218. The maximum Gasteiger partial charge on any atom is 0.332 e. The zero-order valence-electron chi connectivity index (χ0n) is 12.8. The highest BCUT2D eigenvalue weighted by Crippen LogP contribution is 2.34. The third-order valence-corrected chi connectivity index (χ3v) is 3.94. The molecule has 1 saturated heterocycles. The fourth-order valence-electron chi connectivity index (χ4n) is 2.85. The summed E-state index contributed by atoms with van der Waals surface area (Å²) in [5, 5.41) is 0. The van der Waals surface area contributed by atoms with E-state index in [2.05, 4.69) is 0 Å². The monoisotopic (exact) mass is 309 g/mol. The van der Waals surface area contributed by atoms with Gasteiger partial charge in [-0.05, 0) is 30.7 Å². The van der Waals surface area contributed by atoms with Gasteiger partial charge in [-0.25, -0.2) is 9.69 Å². The molecule has 1 atom stereocenters. The fraction of sp³-hybridized carbons (Fsp3) is 0.222. The van der Waals surface area contributed by atoms with Crippen molar-refractivity contribution in [3.8, 4) is 0 Å². The molecule has 0 bridgehead atoms. The molecule has 1 unspecified atom stereocenters. The lowest BCUT2D eigenvalue weighted by Gasteiger charge is -2.21. The molecule has 0 saturated carbocycles. The molecule has 1 fully saturated rings. The Morgan fingerprint density at radius 2 is 1.52 bits per heavy atom. The van der Waals surface area contributed by atoms with Crippen LogP contribution in [0.4, 0.5) is 10.5 Å². The Hall–Kier alpha value is -2.66. The molecule has 3 rings (SSSR count). The summed E-state index contributed by atoms with van der Waals surface area (Å²) < 4.78 is 0. The molecule has 5 heteroatoms. The number of amides is 3. The van der Waals surface area contributed by atoms with Gasteiger partial charge in [0.05, 0.1) is 5.69 Å². The van der Waals surface area contributed by atoms with E-state index in [-0.39, 0.29) is 11.9 Å². The van der Waals surface area contributed by atoms with Gasteiger partial charge in [0.2, 0.25) is 0 Å². The van der Waals surface area contributed by atoms with Gasteiger partial charge in [-0.2, -0.15) is 0 Å². The van der Waals surface area contributed by atoms with Crippen molar-refractivity contribution in [3.05, 3.63) is 66.2 Å². The van der Waals surface area contributed by atoms with E-state index < -0.39 is 6.04 Å². The summed E-state index contributed by atoms with van der Waals surface area (Å²) in [7, 11) is 0. The minimum absolute atomic E-state index is 0.218. The Morgan fingerprint density at radius 3 is 2.13 bits per heavy atom. The van der Waals surface area contributed by atoms with Crippen LogP contribution in [0, 0.1) is 0 Å². The lowest BCUT2D eigenvalue weighted by Crippen LogP contribution is -2.34. The maximum atomic E-state index is 12.9. The smallest absolute Gasteiger partial charge is 0.330 e. The standard InChI is InChI=1S/C18H19N3O2/c19-12-7-13-20-16(14-8-3-1-4-9-14)17(22)21(18(20)23)15-10-5-2-6-11-15/h1-6,8-11,16H,7,12-13,19H2. The van der Waals surface area contributed by atoms with E-state index in [1.54, 1.807) is 17.0 Å². The first kappa shape index (κ1) is 15.2. The first-order valence-electron chi connectivity index (χ1n) is 7.68. The van der Waals surface area contributed by atoms with Crippen molar-refractivity contribution >= 4 is 17.6 Å². The second-order valence-electron chi connectivity index (χ2n) is 5.44. The molecule has 23 heavy (non-hydrogen) atoms. The van der Waals surface area contributed by atoms with Gasteiger partial charge in [-0.3, -0.25) is 4.79 Å². The van der Waals surface area contributed by atoms with Crippen LogP contribution in [-0.2, 0) is 4.79 Å². The Kier molecular flexibility index (Phi) is 4.39. The lowest BCUT2D eigenvalue weighted by atomic mass is 10.1. The molecule has 2 N–H and O–H groups in total. The van der Waals surface area contributed by atoms with Gasteiger partial charge < -0.3 is 10.6 Å². The van der Waals surface area contributed by atoms with Crippen molar-refractivity contribution < 1.29 is 9.59 Å². The zero-order valence-corrected chi connectivity index (χ0v) is 12.8. The SMILES string of the molecule is NCCCN1C(=O)N(c2ccccc2)C(=O)C1c1ccccc1. The van der Waals surface area contributed by atoms with E-state index in [0.717, 1.165) is 5.56 Å². The van der Waals surface area contributed by atoms with Crippen molar-refractivity contribution in [2.45, 2.75) is 12.5 Å². The average Bonchev–Trinajstić information content (AvgIpc) is 2.84. The molecule has 1 heterocycles. The molecular weight excluding hydrogens is 290 g/mol. The van der Waals surface area contributed by atoms with Crippen LogP contribution in [0.5, 0.6) is 0 Å². The highest BCUT2D eigenvalue weighted by molar-refractivity contribution is 6.21. The Labute approximate surface area is 135 Å². The number of carbonyl (C=O) groups is 2. The topological polar surface area (TPSA) is 66.6 Å². The summed E-state index contributed by atoms with van der Waals surface area (Å²) in [6.07, 6.45) is 0.658. The zero-order chi connectivity index (χ0) is 16.2. The number of imide groups is 1. The number of nitrogens with zero attached hydrogens (tertiary/aromatic N) is 2. The van der Waals surface area contributed by atoms with Gasteiger partial charge in [-0.1, -0.05) is 48.5 Å². The Balaban J connectivity index is 1.99. The third kappa shape index (κ3) is 2.83.